The molecular weight excluding hydrogens is 460 g/mol. The molecule has 1 aliphatic rings. The Balaban J connectivity index is 1.74. The first-order valence-electron chi connectivity index (χ1n) is 12.1. The summed E-state index contributed by atoms with van der Waals surface area (Å²) in [7, 11) is 1.61. The smallest absolute Gasteiger partial charge is 0.341 e. The number of aromatic amines is 1. The molecule has 0 spiro atoms. The third-order valence-corrected chi connectivity index (χ3v) is 6.66. The van der Waals surface area contributed by atoms with E-state index in [4.69, 9.17) is 10.7 Å². The lowest BCUT2D eigenvalue weighted by Gasteiger charge is -2.31. The lowest BCUT2D eigenvalue weighted by atomic mass is 10.1. The van der Waals surface area contributed by atoms with Gasteiger partial charge in [-0.1, -0.05) is 29.8 Å². The fourth-order valence-electron chi connectivity index (χ4n) is 4.82. The summed E-state index contributed by atoms with van der Waals surface area (Å²) >= 11 is 0. The minimum absolute atomic E-state index is 0.0199. The molecule has 11 heteroatoms. The molecule has 1 aliphatic heterocycles. The monoisotopic (exact) mass is 490 g/mol. The normalized spacial score (nSPS) is 16.1. The van der Waals surface area contributed by atoms with E-state index in [1.54, 1.807) is 25.2 Å². The average molecular weight is 491 g/mol. The zero-order chi connectivity index (χ0) is 25.6. The average Bonchev–Trinajstić information content (AvgIpc) is 3.23. The first kappa shape index (κ1) is 23.7. The number of para-hydroxylation sites is 1. The number of imidazole rings is 1. The van der Waals surface area contributed by atoms with Crippen molar-refractivity contribution >= 4 is 28.0 Å². The van der Waals surface area contributed by atoms with E-state index >= 15 is 0 Å². The Bertz CT molecular complexity index is 1670. The third kappa shape index (κ3) is 4.15. The highest BCUT2D eigenvalue weighted by atomic mass is 16.2. The molecular formula is C25H30N8O3. The molecule has 0 bridgehead atoms. The number of rotatable bonds is 5. The molecule has 1 saturated heterocycles. The molecule has 3 N–H and O–H groups in total. The number of fused-ring (bicyclic) bond motifs is 2. The van der Waals surface area contributed by atoms with Gasteiger partial charge in [0.25, 0.3) is 5.56 Å². The van der Waals surface area contributed by atoms with Gasteiger partial charge >= 0.3 is 11.4 Å². The summed E-state index contributed by atoms with van der Waals surface area (Å²) in [4.78, 5) is 53.0. The van der Waals surface area contributed by atoms with Crippen LogP contribution in [0, 0.1) is 0 Å². The molecule has 0 amide bonds. The number of nitrogens with zero attached hydrogens (tertiary/aromatic N) is 6. The molecule has 0 radical (unpaired) electrons. The lowest BCUT2D eigenvalue weighted by Crippen LogP contribution is -2.44. The topological polar surface area (TPSA) is 137 Å². The van der Waals surface area contributed by atoms with Crippen molar-refractivity contribution in [2.45, 2.75) is 45.8 Å². The number of allylic oxidation sites excluding steroid dienone is 2. The number of nitrogens with one attached hydrogen (secondary N) is 1. The van der Waals surface area contributed by atoms with Crippen LogP contribution in [0.3, 0.4) is 0 Å². The van der Waals surface area contributed by atoms with Gasteiger partial charge in [0, 0.05) is 38.1 Å². The van der Waals surface area contributed by atoms with Gasteiger partial charge in [0.05, 0.1) is 17.8 Å². The maximum absolute atomic E-state index is 13.9. The summed E-state index contributed by atoms with van der Waals surface area (Å²) in [6.07, 6.45) is 3.89. The number of hydrogen-bond acceptors (Lipinski definition) is 7. The second-order valence-corrected chi connectivity index (χ2v) is 9.59. The first-order valence-corrected chi connectivity index (χ1v) is 12.1. The van der Waals surface area contributed by atoms with Gasteiger partial charge in [-0.3, -0.25) is 13.9 Å². The number of anilines is 1. The van der Waals surface area contributed by atoms with Crippen LogP contribution in [0.25, 0.3) is 22.1 Å². The molecule has 36 heavy (non-hydrogen) atoms. The van der Waals surface area contributed by atoms with Crippen molar-refractivity contribution in [2.24, 2.45) is 12.8 Å². The van der Waals surface area contributed by atoms with Crippen molar-refractivity contribution < 1.29 is 0 Å². The van der Waals surface area contributed by atoms with E-state index < -0.39 is 16.9 Å². The molecule has 0 saturated carbocycles. The van der Waals surface area contributed by atoms with Gasteiger partial charge in [-0.25, -0.2) is 9.59 Å². The van der Waals surface area contributed by atoms with Crippen molar-refractivity contribution in [2.75, 3.05) is 18.0 Å². The van der Waals surface area contributed by atoms with E-state index in [2.05, 4.69) is 14.9 Å². The van der Waals surface area contributed by atoms with Crippen molar-refractivity contribution in [1.82, 2.24) is 28.7 Å². The van der Waals surface area contributed by atoms with Gasteiger partial charge in [-0.15, -0.1) is 0 Å². The standard InChI is InChI=1S/C25H30N8O3/c1-15(2)10-12-32-20-21(29-24(32)31-11-6-7-16(26)13-31)30(3)25(36)33(22(20)34)14-19-17-8-4-5-9-18(17)27-23(35)28-19/h4-5,8-10,16H,6-7,11-14,26H2,1-3H3,(H,27,28,35). The predicted octanol–water partition coefficient (Wildman–Crippen LogP) is 1.08. The van der Waals surface area contributed by atoms with Crippen LogP contribution in [-0.4, -0.2) is 47.8 Å². The van der Waals surface area contributed by atoms with Crippen molar-refractivity contribution in [1.29, 1.82) is 0 Å². The Kier molecular flexibility index (Phi) is 6.09. The Morgan fingerprint density at radius 2 is 1.94 bits per heavy atom. The molecule has 1 aromatic carbocycles. The van der Waals surface area contributed by atoms with E-state index in [0.717, 1.165) is 29.5 Å². The minimum atomic E-state index is -0.535. The van der Waals surface area contributed by atoms with E-state index in [-0.39, 0.29) is 12.6 Å². The summed E-state index contributed by atoms with van der Waals surface area (Å²) in [6.45, 7) is 5.68. The fourth-order valence-corrected chi connectivity index (χ4v) is 4.82. The molecule has 4 heterocycles. The van der Waals surface area contributed by atoms with Gasteiger partial charge in [0.1, 0.15) is 0 Å². The SMILES string of the molecule is CC(C)=CCn1c(N2CCCC(N)C2)nc2c1c(=O)n(Cc1nc(=O)[nH]c3ccccc13)c(=O)n2C. The largest absolute Gasteiger partial charge is 0.345 e. The summed E-state index contributed by atoms with van der Waals surface area (Å²) in [5, 5.41) is 0.673. The highest BCUT2D eigenvalue weighted by Crippen LogP contribution is 2.23. The fraction of sp³-hybridized carbons (Fsp3) is 0.400. The Hall–Kier alpha value is -3.99. The van der Waals surface area contributed by atoms with Gasteiger partial charge in [-0.05, 0) is 32.8 Å². The van der Waals surface area contributed by atoms with E-state index in [0.29, 0.717) is 46.8 Å². The number of hydrogen-bond donors (Lipinski definition) is 2. The quantitative estimate of drug-likeness (QED) is 0.399. The lowest BCUT2D eigenvalue weighted by molar-refractivity contribution is 0.495. The van der Waals surface area contributed by atoms with Gasteiger partial charge in [0.15, 0.2) is 11.2 Å². The maximum Gasteiger partial charge on any atom is 0.345 e. The van der Waals surface area contributed by atoms with Crippen LogP contribution < -0.4 is 27.6 Å². The number of benzene rings is 1. The number of aromatic nitrogens is 6. The summed E-state index contributed by atoms with van der Waals surface area (Å²) in [5.41, 5.74) is 7.40. The molecule has 3 aromatic heterocycles. The zero-order valence-electron chi connectivity index (χ0n) is 20.7. The molecule has 1 atom stereocenters. The van der Waals surface area contributed by atoms with Crippen LogP contribution >= 0.6 is 0 Å². The predicted molar refractivity (Wildman–Crippen MR) is 140 cm³/mol. The first-order chi connectivity index (χ1) is 17.2. The van der Waals surface area contributed by atoms with E-state index in [1.807, 2.05) is 30.6 Å². The van der Waals surface area contributed by atoms with Crippen molar-refractivity contribution in [3.63, 3.8) is 0 Å². The molecule has 11 nitrogen and oxygen atoms in total. The molecule has 1 fully saturated rings. The van der Waals surface area contributed by atoms with E-state index in [1.165, 1.54) is 4.57 Å². The third-order valence-electron chi connectivity index (χ3n) is 6.66. The van der Waals surface area contributed by atoms with Crippen molar-refractivity contribution in [3.05, 3.63) is 72.9 Å². The maximum atomic E-state index is 13.9. The van der Waals surface area contributed by atoms with Crippen LogP contribution in [-0.2, 0) is 20.1 Å². The molecule has 5 rings (SSSR count). The van der Waals surface area contributed by atoms with Gasteiger partial charge in [0.2, 0.25) is 5.95 Å². The van der Waals surface area contributed by atoms with Crippen LogP contribution in [0.4, 0.5) is 5.95 Å². The van der Waals surface area contributed by atoms with Gasteiger partial charge < -0.3 is 20.2 Å². The van der Waals surface area contributed by atoms with Crippen LogP contribution in [0.2, 0.25) is 0 Å². The summed E-state index contributed by atoms with van der Waals surface area (Å²) in [5.74, 6) is 0.627. The minimum Gasteiger partial charge on any atom is -0.341 e. The number of aryl methyl sites for hydroxylation is 1. The summed E-state index contributed by atoms with van der Waals surface area (Å²) < 4.78 is 4.38. The summed E-state index contributed by atoms with van der Waals surface area (Å²) in [6, 6.07) is 7.20. The Morgan fingerprint density at radius 1 is 1.17 bits per heavy atom. The van der Waals surface area contributed by atoms with Gasteiger partial charge in [-0.2, -0.15) is 9.97 Å². The molecule has 188 valence electrons. The number of nitrogens with two attached hydrogens (primary N) is 1. The van der Waals surface area contributed by atoms with Crippen LogP contribution in [0.1, 0.15) is 32.4 Å². The number of piperidine rings is 1. The molecule has 1 unspecified atom stereocenters. The molecule has 0 aliphatic carbocycles. The van der Waals surface area contributed by atoms with E-state index in [9.17, 15) is 14.4 Å². The zero-order valence-corrected chi connectivity index (χ0v) is 20.7. The highest BCUT2D eigenvalue weighted by molar-refractivity contribution is 5.80. The highest BCUT2D eigenvalue weighted by Gasteiger charge is 2.26. The van der Waals surface area contributed by atoms with Crippen molar-refractivity contribution in [3.8, 4) is 0 Å². The van der Waals surface area contributed by atoms with Crippen LogP contribution in [0.5, 0.6) is 0 Å². The van der Waals surface area contributed by atoms with Crippen LogP contribution in [0.15, 0.2) is 50.3 Å². The second kappa shape index (κ2) is 9.23. The Morgan fingerprint density at radius 3 is 2.69 bits per heavy atom. The number of H-pyrrole nitrogens is 1. The second-order valence-electron chi connectivity index (χ2n) is 9.59. The molecule has 4 aromatic rings. The Labute approximate surface area is 206 Å².